The second-order valence-electron chi connectivity index (χ2n) is 7.53. The minimum Gasteiger partial charge on any atom is -0.486 e. The van der Waals surface area contributed by atoms with E-state index < -0.39 is 21.2 Å². The van der Waals surface area contributed by atoms with Gasteiger partial charge in [-0.05, 0) is 49.7 Å². The van der Waals surface area contributed by atoms with Gasteiger partial charge in [0.05, 0.1) is 23.4 Å². The molecule has 1 aliphatic heterocycles. The highest BCUT2D eigenvalue weighted by Gasteiger charge is 2.32. The number of carbonyl (C=O) groups is 2. The summed E-state index contributed by atoms with van der Waals surface area (Å²) in [6, 6.07) is 13.0. The van der Waals surface area contributed by atoms with Crippen LogP contribution in [0.2, 0.25) is 0 Å². The van der Waals surface area contributed by atoms with Gasteiger partial charge in [0.15, 0.2) is 17.3 Å². The molecule has 0 aliphatic carbocycles. The van der Waals surface area contributed by atoms with E-state index in [-0.39, 0.29) is 30.7 Å². The molecule has 2 aromatic rings. The molecule has 0 fully saturated rings. The lowest BCUT2D eigenvalue weighted by atomic mass is 10.1. The van der Waals surface area contributed by atoms with Gasteiger partial charge in [-0.1, -0.05) is 12.1 Å². The van der Waals surface area contributed by atoms with Crippen LogP contribution in [-0.4, -0.2) is 38.6 Å². The monoisotopic (exact) mass is 456 g/mol. The van der Waals surface area contributed by atoms with Crippen molar-refractivity contribution in [3.05, 3.63) is 53.6 Å². The SMILES string of the molecule is CC(C)S(=O)(=O)N(C(=O)CCC(=O)c1ccc2c(c1)OCCO2)c1ccc(CC#N)cc1. The molecule has 8 nitrogen and oxygen atoms in total. The van der Waals surface area contributed by atoms with Crippen molar-refractivity contribution in [3.63, 3.8) is 0 Å². The maximum absolute atomic E-state index is 13.0. The highest BCUT2D eigenvalue weighted by molar-refractivity contribution is 7.94. The molecule has 0 atom stereocenters. The number of sulfonamides is 1. The fourth-order valence-electron chi connectivity index (χ4n) is 3.17. The van der Waals surface area contributed by atoms with Crippen molar-refractivity contribution in [2.45, 2.75) is 38.4 Å². The van der Waals surface area contributed by atoms with E-state index >= 15 is 0 Å². The molecule has 0 spiro atoms. The maximum Gasteiger partial charge on any atom is 0.244 e. The van der Waals surface area contributed by atoms with Gasteiger partial charge in [0.25, 0.3) is 0 Å². The van der Waals surface area contributed by atoms with E-state index in [1.807, 2.05) is 6.07 Å². The fourth-order valence-corrected chi connectivity index (χ4v) is 4.38. The Kier molecular flexibility index (Phi) is 7.15. The number of nitriles is 1. The topological polar surface area (TPSA) is 114 Å². The van der Waals surface area contributed by atoms with Crippen molar-refractivity contribution in [2.75, 3.05) is 17.5 Å². The Balaban J connectivity index is 1.78. The summed E-state index contributed by atoms with van der Waals surface area (Å²) in [7, 11) is -3.97. The number of hydrogen-bond acceptors (Lipinski definition) is 7. The van der Waals surface area contributed by atoms with E-state index in [1.165, 1.54) is 26.0 Å². The molecule has 1 amide bonds. The number of hydrogen-bond donors (Lipinski definition) is 0. The van der Waals surface area contributed by atoms with Crippen molar-refractivity contribution in [1.82, 2.24) is 0 Å². The summed E-state index contributed by atoms with van der Waals surface area (Å²) < 4.78 is 37.5. The first-order valence-corrected chi connectivity index (χ1v) is 11.7. The van der Waals surface area contributed by atoms with Crippen LogP contribution in [0.5, 0.6) is 11.5 Å². The van der Waals surface area contributed by atoms with E-state index in [1.54, 1.807) is 30.3 Å². The summed E-state index contributed by atoms with van der Waals surface area (Å²) in [5, 5.41) is 7.98. The second-order valence-corrected chi connectivity index (χ2v) is 9.87. The predicted molar refractivity (Wildman–Crippen MR) is 118 cm³/mol. The smallest absolute Gasteiger partial charge is 0.244 e. The number of fused-ring (bicyclic) bond motifs is 1. The van der Waals surface area contributed by atoms with Gasteiger partial charge in [-0.3, -0.25) is 9.59 Å². The molecule has 168 valence electrons. The first-order chi connectivity index (χ1) is 15.2. The lowest BCUT2D eigenvalue weighted by molar-refractivity contribution is -0.117. The van der Waals surface area contributed by atoms with Crippen molar-refractivity contribution in [2.24, 2.45) is 0 Å². The predicted octanol–water partition coefficient (Wildman–Crippen LogP) is 3.26. The Morgan fingerprint density at radius 2 is 1.69 bits per heavy atom. The minimum atomic E-state index is -3.97. The van der Waals surface area contributed by atoms with Crippen molar-refractivity contribution in [1.29, 1.82) is 5.26 Å². The average molecular weight is 457 g/mol. The van der Waals surface area contributed by atoms with Crippen LogP contribution in [-0.2, 0) is 21.2 Å². The van der Waals surface area contributed by atoms with E-state index in [4.69, 9.17) is 14.7 Å². The van der Waals surface area contributed by atoms with Crippen LogP contribution >= 0.6 is 0 Å². The molecule has 1 heterocycles. The van der Waals surface area contributed by atoms with Gasteiger partial charge in [0.1, 0.15) is 13.2 Å². The van der Waals surface area contributed by atoms with Gasteiger partial charge in [0, 0.05) is 18.4 Å². The molecule has 1 aliphatic rings. The van der Waals surface area contributed by atoms with Crippen molar-refractivity contribution >= 4 is 27.4 Å². The van der Waals surface area contributed by atoms with E-state index in [0.717, 1.165) is 4.31 Å². The van der Waals surface area contributed by atoms with Crippen LogP contribution in [0.3, 0.4) is 0 Å². The normalized spacial score (nSPS) is 12.8. The molecular weight excluding hydrogens is 432 g/mol. The van der Waals surface area contributed by atoms with Crippen LogP contribution in [0.1, 0.15) is 42.6 Å². The molecule has 3 rings (SSSR count). The molecule has 0 N–H and O–H groups in total. The summed E-state index contributed by atoms with van der Waals surface area (Å²) >= 11 is 0. The zero-order valence-corrected chi connectivity index (χ0v) is 18.7. The third kappa shape index (κ3) is 5.08. The number of nitrogens with zero attached hydrogens (tertiary/aromatic N) is 2. The van der Waals surface area contributed by atoms with Crippen LogP contribution in [0, 0.1) is 11.3 Å². The average Bonchev–Trinajstić information content (AvgIpc) is 2.78. The number of ether oxygens (including phenoxy) is 2. The van der Waals surface area contributed by atoms with Crippen LogP contribution in [0.4, 0.5) is 5.69 Å². The summed E-state index contributed by atoms with van der Waals surface area (Å²) in [6.45, 7) is 3.80. The molecule has 0 aromatic heterocycles. The summed E-state index contributed by atoms with van der Waals surface area (Å²) in [4.78, 5) is 25.6. The van der Waals surface area contributed by atoms with Crippen LogP contribution < -0.4 is 13.8 Å². The Labute approximate surface area is 187 Å². The number of rotatable bonds is 8. The highest BCUT2D eigenvalue weighted by Crippen LogP contribution is 2.31. The number of anilines is 1. The Bertz CT molecular complexity index is 1150. The first kappa shape index (κ1) is 23.3. The van der Waals surface area contributed by atoms with Gasteiger partial charge in [-0.25, -0.2) is 12.7 Å². The molecule has 0 unspecified atom stereocenters. The Hall–Kier alpha value is -3.38. The van der Waals surface area contributed by atoms with Gasteiger partial charge in [-0.2, -0.15) is 5.26 Å². The zero-order chi connectivity index (χ0) is 23.3. The molecule has 0 saturated heterocycles. The molecule has 32 heavy (non-hydrogen) atoms. The third-order valence-corrected chi connectivity index (χ3v) is 7.08. The molecule has 2 aromatic carbocycles. The van der Waals surface area contributed by atoms with E-state index in [9.17, 15) is 18.0 Å². The molecule has 9 heteroatoms. The van der Waals surface area contributed by atoms with Crippen molar-refractivity contribution < 1.29 is 27.5 Å². The van der Waals surface area contributed by atoms with Crippen LogP contribution in [0.15, 0.2) is 42.5 Å². The van der Waals surface area contributed by atoms with Gasteiger partial charge >= 0.3 is 0 Å². The van der Waals surface area contributed by atoms with Crippen molar-refractivity contribution in [3.8, 4) is 17.6 Å². The molecular formula is C23H24N2O6S. The second kappa shape index (κ2) is 9.83. The standard InChI is InChI=1S/C23H24N2O6S/c1-16(2)32(28,29)25(19-6-3-17(4-7-19)11-12-24)23(27)10-8-20(26)18-5-9-21-22(15-18)31-14-13-30-21/h3-7,9,15-16H,8,10-11,13-14H2,1-2H3. The molecule has 0 bridgehead atoms. The Morgan fingerprint density at radius 3 is 2.31 bits per heavy atom. The number of benzene rings is 2. The maximum atomic E-state index is 13.0. The van der Waals surface area contributed by atoms with Gasteiger partial charge < -0.3 is 9.47 Å². The number of ketones is 1. The first-order valence-electron chi connectivity index (χ1n) is 10.2. The Morgan fingerprint density at radius 1 is 1.03 bits per heavy atom. The fraction of sp³-hybridized carbons (Fsp3) is 0.348. The summed E-state index contributed by atoms with van der Waals surface area (Å²) in [5.41, 5.74) is 1.25. The van der Waals surface area contributed by atoms with Crippen LogP contribution in [0.25, 0.3) is 0 Å². The molecule has 0 radical (unpaired) electrons. The van der Waals surface area contributed by atoms with E-state index in [0.29, 0.717) is 35.8 Å². The largest absolute Gasteiger partial charge is 0.486 e. The zero-order valence-electron chi connectivity index (χ0n) is 17.9. The number of amides is 1. The summed E-state index contributed by atoms with van der Waals surface area (Å²) in [5.74, 6) is 0.0204. The molecule has 0 saturated carbocycles. The van der Waals surface area contributed by atoms with Gasteiger partial charge in [0.2, 0.25) is 15.9 Å². The third-order valence-electron chi connectivity index (χ3n) is 4.96. The summed E-state index contributed by atoms with van der Waals surface area (Å²) in [6.07, 6.45) is -0.260. The van der Waals surface area contributed by atoms with Gasteiger partial charge in [-0.15, -0.1) is 0 Å². The van der Waals surface area contributed by atoms with E-state index in [2.05, 4.69) is 0 Å². The quantitative estimate of drug-likeness (QED) is 0.560. The highest BCUT2D eigenvalue weighted by atomic mass is 32.2. The number of carbonyl (C=O) groups excluding carboxylic acids is 2. The number of Topliss-reactive ketones (excluding diaryl/α,β-unsaturated/α-hetero) is 1. The minimum absolute atomic E-state index is 0.158. The lowest BCUT2D eigenvalue weighted by Crippen LogP contribution is -2.41. The lowest BCUT2D eigenvalue weighted by Gasteiger charge is -2.25.